The van der Waals surface area contributed by atoms with E-state index in [4.69, 9.17) is 5.11 Å². The van der Waals surface area contributed by atoms with Gasteiger partial charge in [0.15, 0.2) is 0 Å². The van der Waals surface area contributed by atoms with Crippen LogP contribution in [0.1, 0.15) is 42.6 Å². The van der Waals surface area contributed by atoms with Crippen molar-refractivity contribution in [1.29, 1.82) is 0 Å². The number of nitrogens with zero attached hydrogens (tertiary/aromatic N) is 2. The number of carbonyl (C=O) groups is 2. The van der Waals surface area contributed by atoms with Gasteiger partial charge in [0, 0.05) is 31.4 Å². The van der Waals surface area contributed by atoms with Crippen LogP contribution in [0.2, 0.25) is 0 Å². The Hall–Kier alpha value is -1.89. The largest absolute Gasteiger partial charge is 0.481 e. The van der Waals surface area contributed by atoms with Crippen LogP contribution >= 0.6 is 0 Å². The van der Waals surface area contributed by atoms with E-state index >= 15 is 0 Å². The van der Waals surface area contributed by atoms with Crippen LogP contribution in [0.15, 0.2) is 12.3 Å². The number of likely N-dealkylation sites (tertiary alicyclic amines) is 1. The Labute approximate surface area is 129 Å². The average molecular weight is 306 g/mol. The maximum Gasteiger partial charge on any atom is 0.304 e. The van der Waals surface area contributed by atoms with Crippen LogP contribution in [0.25, 0.3) is 0 Å². The van der Waals surface area contributed by atoms with E-state index in [9.17, 15) is 9.59 Å². The number of hydrogen-bond donors (Lipinski definition) is 3. The summed E-state index contributed by atoms with van der Waals surface area (Å²) in [4.78, 5) is 25.3. The molecule has 1 aliphatic heterocycles. The number of rotatable bonds is 7. The molecule has 7 heteroatoms. The van der Waals surface area contributed by atoms with Gasteiger partial charge in [-0.25, -0.2) is 0 Å². The molecule has 1 aliphatic carbocycles. The Kier molecular flexibility index (Phi) is 4.42. The van der Waals surface area contributed by atoms with Crippen molar-refractivity contribution in [1.82, 2.24) is 20.4 Å². The maximum absolute atomic E-state index is 12.0. The first-order valence-corrected chi connectivity index (χ1v) is 7.88. The van der Waals surface area contributed by atoms with E-state index in [2.05, 4.69) is 20.4 Å². The molecular weight excluding hydrogens is 284 g/mol. The molecule has 0 bridgehead atoms. The van der Waals surface area contributed by atoms with Gasteiger partial charge in [-0.3, -0.25) is 19.6 Å². The van der Waals surface area contributed by atoms with Crippen molar-refractivity contribution < 1.29 is 14.7 Å². The van der Waals surface area contributed by atoms with Crippen LogP contribution in [-0.2, 0) is 4.79 Å². The van der Waals surface area contributed by atoms with Crippen molar-refractivity contribution in [2.24, 2.45) is 5.92 Å². The zero-order chi connectivity index (χ0) is 15.5. The summed E-state index contributed by atoms with van der Waals surface area (Å²) >= 11 is 0. The lowest BCUT2D eigenvalue weighted by Crippen LogP contribution is -2.44. The SMILES string of the molecule is O=C(O)C[C@H]1CC[C@@H](CNC(=O)c2ccn[nH]2)N1CC1CC1. The molecule has 3 N–H and O–H groups in total. The van der Waals surface area contributed by atoms with E-state index in [0.717, 1.165) is 19.4 Å². The second kappa shape index (κ2) is 6.48. The predicted octanol–water partition coefficient (Wildman–Crippen LogP) is 0.857. The highest BCUT2D eigenvalue weighted by molar-refractivity contribution is 5.92. The zero-order valence-corrected chi connectivity index (χ0v) is 12.5. The molecule has 2 aliphatic rings. The van der Waals surface area contributed by atoms with Gasteiger partial charge in [0.1, 0.15) is 5.69 Å². The first-order valence-electron chi connectivity index (χ1n) is 7.88. The van der Waals surface area contributed by atoms with Crippen molar-refractivity contribution in [2.75, 3.05) is 13.1 Å². The van der Waals surface area contributed by atoms with Crippen LogP contribution < -0.4 is 5.32 Å². The molecule has 0 unspecified atom stereocenters. The van der Waals surface area contributed by atoms with Gasteiger partial charge in [-0.2, -0.15) is 5.10 Å². The van der Waals surface area contributed by atoms with Crippen molar-refractivity contribution in [3.8, 4) is 0 Å². The van der Waals surface area contributed by atoms with Crippen LogP contribution in [0.5, 0.6) is 0 Å². The number of aliphatic carboxylic acids is 1. The quantitative estimate of drug-likeness (QED) is 0.694. The summed E-state index contributed by atoms with van der Waals surface area (Å²) in [6.07, 6.45) is 6.05. The van der Waals surface area contributed by atoms with E-state index in [-0.39, 0.29) is 24.4 Å². The Bertz CT molecular complexity index is 527. The van der Waals surface area contributed by atoms with Gasteiger partial charge in [-0.15, -0.1) is 0 Å². The monoisotopic (exact) mass is 306 g/mol. The van der Waals surface area contributed by atoms with Gasteiger partial charge in [0.2, 0.25) is 0 Å². The lowest BCUT2D eigenvalue weighted by Gasteiger charge is -2.29. The molecule has 2 fully saturated rings. The number of H-pyrrole nitrogens is 1. The number of aromatic amines is 1. The zero-order valence-electron chi connectivity index (χ0n) is 12.5. The summed E-state index contributed by atoms with van der Waals surface area (Å²) in [7, 11) is 0. The van der Waals surface area contributed by atoms with Gasteiger partial charge < -0.3 is 10.4 Å². The Morgan fingerprint density at radius 2 is 2.09 bits per heavy atom. The first kappa shape index (κ1) is 15.0. The summed E-state index contributed by atoms with van der Waals surface area (Å²) in [6, 6.07) is 1.98. The van der Waals surface area contributed by atoms with Crippen LogP contribution in [0.4, 0.5) is 0 Å². The number of amides is 1. The third-order valence-corrected chi connectivity index (χ3v) is 4.59. The molecule has 22 heavy (non-hydrogen) atoms. The Balaban J connectivity index is 1.56. The maximum atomic E-state index is 12.0. The van der Waals surface area contributed by atoms with Crippen LogP contribution in [0.3, 0.4) is 0 Å². The summed E-state index contributed by atoms with van der Waals surface area (Å²) in [6.45, 7) is 1.52. The van der Waals surface area contributed by atoms with Gasteiger partial charge in [0.05, 0.1) is 6.42 Å². The number of nitrogens with one attached hydrogen (secondary N) is 2. The topological polar surface area (TPSA) is 98.3 Å². The highest BCUT2D eigenvalue weighted by atomic mass is 16.4. The summed E-state index contributed by atoms with van der Waals surface area (Å²) in [5.41, 5.74) is 0.453. The molecule has 0 spiro atoms. The van der Waals surface area contributed by atoms with Crippen molar-refractivity contribution >= 4 is 11.9 Å². The molecule has 1 aromatic heterocycles. The van der Waals surface area contributed by atoms with E-state index in [1.54, 1.807) is 12.3 Å². The standard InChI is InChI=1S/C15H22N4O3/c20-14(21)7-11-3-4-12(19(11)9-10-1-2-10)8-16-15(22)13-5-6-17-18-13/h5-6,10-12H,1-4,7-9H2,(H,16,22)(H,17,18)(H,20,21)/t11-,12+/m1/s1. The number of aromatic nitrogens is 2. The second-order valence-electron chi connectivity index (χ2n) is 6.30. The Morgan fingerprint density at radius 3 is 2.73 bits per heavy atom. The molecule has 3 rings (SSSR count). The predicted molar refractivity (Wildman–Crippen MR) is 79.4 cm³/mol. The fraction of sp³-hybridized carbons (Fsp3) is 0.667. The average Bonchev–Trinajstić information content (AvgIpc) is 2.99. The van der Waals surface area contributed by atoms with Crippen LogP contribution in [-0.4, -0.2) is 57.3 Å². The highest BCUT2D eigenvalue weighted by Crippen LogP contribution is 2.35. The molecular formula is C15H22N4O3. The van der Waals surface area contributed by atoms with E-state index in [1.165, 1.54) is 12.8 Å². The van der Waals surface area contributed by atoms with Crippen LogP contribution in [0, 0.1) is 5.92 Å². The van der Waals surface area contributed by atoms with E-state index < -0.39 is 5.97 Å². The van der Waals surface area contributed by atoms with Crippen molar-refractivity contribution in [3.63, 3.8) is 0 Å². The molecule has 7 nitrogen and oxygen atoms in total. The van der Waals surface area contributed by atoms with Crippen molar-refractivity contribution in [3.05, 3.63) is 18.0 Å². The van der Waals surface area contributed by atoms with Crippen molar-refractivity contribution in [2.45, 2.75) is 44.2 Å². The number of hydrogen-bond acceptors (Lipinski definition) is 4. The molecule has 1 aromatic rings. The lowest BCUT2D eigenvalue weighted by atomic mass is 10.1. The molecule has 0 radical (unpaired) electrons. The minimum absolute atomic E-state index is 0.104. The summed E-state index contributed by atoms with van der Waals surface area (Å²) in [5.74, 6) is -0.196. The van der Waals surface area contributed by atoms with Gasteiger partial charge >= 0.3 is 5.97 Å². The molecule has 2 atom stereocenters. The first-order chi connectivity index (χ1) is 10.6. The van der Waals surface area contributed by atoms with E-state index in [1.807, 2.05) is 0 Å². The fourth-order valence-corrected chi connectivity index (χ4v) is 3.24. The third-order valence-electron chi connectivity index (χ3n) is 4.59. The Morgan fingerprint density at radius 1 is 1.32 bits per heavy atom. The van der Waals surface area contributed by atoms with Gasteiger partial charge in [-0.05, 0) is 37.7 Å². The summed E-state index contributed by atoms with van der Waals surface area (Å²) in [5, 5.41) is 18.4. The fourth-order valence-electron chi connectivity index (χ4n) is 3.24. The molecule has 2 heterocycles. The summed E-state index contributed by atoms with van der Waals surface area (Å²) < 4.78 is 0. The molecule has 0 aromatic carbocycles. The second-order valence-corrected chi connectivity index (χ2v) is 6.30. The molecule has 1 amide bonds. The number of carboxylic acids is 1. The minimum atomic E-state index is -0.743. The van der Waals surface area contributed by atoms with E-state index in [0.29, 0.717) is 18.2 Å². The van der Waals surface area contributed by atoms with Gasteiger partial charge in [0.25, 0.3) is 5.91 Å². The van der Waals surface area contributed by atoms with Gasteiger partial charge in [-0.1, -0.05) is 0 Å². The minimum Gasteiger partial charge on any atom is -0.481 e. The number of carbonyl (C=O) groups excluding carboxylic acids is 1. The normalized spacial score (nSPS) is 25.3. The molecule has 1 saturated carbocycles. The number of carboxylic acid groups (broad SMARTS) is 1. The lowest BCUT2D eigenvalue weighted by molar-refractivity contribution is -0.138. The molecule has 120 valence electrons. The highest BCUT2D eigenvalue weighted by Gasteiger charge is 2.37. The third kappa shape index (κ3) is 3.65. The molecule has 1 saturated heterocycles. The smallest absolute Gasteiger partial charge is 0.304 e.